The van der Waals surface area contributed by atoms with Crippen molar-refractivity contribution >= 4 is 35.1 Å². The van der Waals surface area contributed by atoms with E-state index in [0.29, 0.717) is 23.0 Å². The summed E-state index contributed by atoms with van der Waals surface area (Å²) in [6.45, 7) is 5.47. The highest BCUT2D eigenvalue weighted by atomic mass is 35.5. The van der Waals surface area contributed by atoms with Crippen molar-refractivity contribution in [1.29, 1.82) is 0 Å². The number of benzene rings is 3. The first-order chi connectivity index (χ1) is 21.4. The normalized spacial score (nSPS) is 22.3. The van der Waals surface area contributed by atoms with Crippen LogP contribution >= 0.6 is 23.2 Å². The number of carbonyl (C=O) groups is 2. The summed E-state index contributed by atoms with van der Waals surface area (Å²) in [4.78, 5) is 34.2. The van der Waals surface area contributed by atoms with E-state index in [9.17, 15) is 9.59 Å². The summed E-state index contributed by atoms with van der Waals surface area (Å²) in [5, 5.41) is 4.45. The molecule has 3 amide bonds. The lowest BCUT2D eigenvalue weighted by atomic mass is 9.70. The second kappa shape index (κ2) is 13.5. The van der Waals surface area contributed by atoms with Crippen molar-refractivity contribution in [3.63, 3.8) is 0 Å². The van der Waals surface area contributed by atoms with E-state index < -0.39 is 11.0 Å². The highest BCUT2D eigenvalue weighted by Crippen LogP contribution is 2.42. The van der Waals surface area contributed by atoms with Gasteiger partial charge in [-0.15, -0.1) is 0 Å². The molecule has 0 radical (unpaired) electrons. The predicted octanol–water partition coefficient (Wildman–Crippen LogP) is 7.24. The van der Waals surface area contributed by atoms with E-state index in [2.05, 4.69) is 46.6 Å². The lowest BCUT2D eigenvalue weighted by molar-refractivity contribution is -0.142. The first-order valence-corrected chi connectivity index (χ1v) is 16.8. The minimum Gasteiger partial charge on any atom is -0.338 e. The van der Waals surface area contributed by atoms with Crippen LogP contribution in [-0.4, -0.2) is 65.9 Å². The second-order valence-corrected chi connectivity index (χ2v) is 13.5. The first-order valence-electron chi connectivity index (χ1n) is 16.0. The first kappa shape index (κ1) is 30.9. The quantitative estimate of drug-likeness (QED) is 0.285. The number of hydrogen-bond acceptors (Lipinski definition) is 3. The van der Waals surface area contributed by atoms with Crippen molar-refractivity contribution in [3.8, 4) is 0 Å². The maximum atomic E-state index is 14.4. The summed E-state index contributed by atoms with van der Waals surface area (Å²) in [5.41, 5.74) is 2.18. The van der Waals surface area contributed by atoms with Crippen molar-refractivity contribution < 1.29 is 9.59 Å². The highest BCUT2D eigenvalue weighted by Gasteiger charge is 2.46. The number of nitrogens with one attached hydrogen (secondary N) is 1. The number of carbonyl (C=O) groups excluding carboxylic acids is 2. The molecule has 1 unspecified atom stereocenters. The van der Waals surface area contributed by atoms with Gasteiger partial charge < -0.3 is 20.0 Å². The van der Waals surface area contributed by atoms with Crippen LogP contribution < -0.4 is 5.32 Å². The lowest BCUT2D eigenvalue weighted by Crippen LogP contribution is -2.56. The minimum absolute atomic E-state index is 0.0460. The van der Waals surface area contributed by atoms with Gasteiger partial charge in [0.15, 0.2) is 0 Å². The third-order valence-electron chi connectivity index (χ3n) is 10.0. The maximum absolute atomic E-state index is 14.4. The van der Waals surface area contributed by atoms with Gasteiger partial charge >= 0.3 is 6.03 Å². The smallest absolute Gasteiger partial charge is 0.318 e. The zero-order chi connectivity index (χ0) is 30.6. The van der Waals surface area contributed by atoms with Crippen LogP contribution in [0.3, 0.4) is 0 Å². The largest absolute Gasteiger partial charge is 0.338 e. The molecule has 0 bridgehead atoms. The third kappa shape index (κ3) is 6.49. The number of rotatable bonds is 8. The van der Waals surface area contributed by atoms with Gasteiger partial charge in [-0.3, -0.25) is 4.79 Å². The van der Waals surface area contributed by atoms with E-state index in [1.165, 1.54) is 5.56 Å². The highest BCUT2D eigenvalue weighted by molar-refractivity contribution is 6.42. The van der Waals surface area contributed by atoms with Gasteiger partial charge in [-0.25, -0.2) is 4.79 Å². The second-order valence-electron chi connectivity index (χ2n) is 12.7. The predicted molar refractivity (Wildman–Crippen MR) is 177 cm³/mol. The Balaban J connectivity index is 1.20. The molecule has 3 aromatic rings. The Labute approximate surface area is 271 Å². The molecule has 3 saturated heterocycles. The molecule has 1 atom stereocenters. The molecule has 1 N–H and O–H groups in total. The number of piperidine rings is 2. The fourth-order valence-electron chi connectivity index (χ4n) is 7.43. The fraction of sp³-hybridized carbons (Fsp3) is 0.444. The number of likely N-dealkylation sites (tertiary alicyclic amines) is 3. The Bertz CT molecular complexity index is 1440. The van der Waals surface area contributed by atoms with Gasteiger partial charge in [0.25, 0.3) is 0 Å². The number of urea groups is 1. The van der Waals surface area contributed by atoms with Crippen molar-refractivity contribution in [2.75, 3.05) is 39.3 Å². The standard InChI is InChI=1S/C36H42Cl2N4O2/c37-31-15-14-30(26-32(31)38)35(16-9-22-42(33(35)43)27-28-10-3-1-4-11-28)17-23-40-24-18-36(19-25-40,29-12-5-2-6-13-29)39-34(44)41-20-7-8-21-41/h1-6,10-15,26H,7-9,16-25,27H2,(H,39,44). The molecule has 3 aliphatic heterocycles. The van der Waals surface area contributed by atoms with Crippen molar-refractivity contribution in [3.05, 3.63) is 106 Å². The number of halogens is 2. The van der Waals surface area contributed by atoms with Crippen LogP contribution in [0.5, 0.6) is 0 Å². The van der Waals surface area contributed by atoms with Gasteiger partial charge in [0.05, 0.1) is 21.0 Å². The molecule has 3 fully saturated rings. The van der Waals surface area contributed by atoms with Crippen molar-refractivity contribution in [1.82, 2.24) is 20.0 Å². The molecule has 0 spiro atoms. The topological polar surface area (TPSA) is 55.9 Å². The van der Waals surface area contributed by atoms with Crippen LogP contribution in [0.2, 0.25) is 10.0 Å². The van der Waals surface area contributed by atoms with Crippen LogP contribution in [-0.2, 0) is 22.3 Å². The lowest BCUT2D eigenvalue weighted by Gasteiger charge is -2.46. The Morgan fingerprint density at radius 1 is 0.750 bits per heavy atom. The van der Waals surface area contributed by atoms with Gasteiger partial charge in [0.2, 0.25) is 5.91 Å². The van der Waals surface area contributed by atoms with Gasteiger partial charge in [0.1, 0.15) is 0 Å². The number of amides is 3. The SMILES string of the molecule is O=C(NC1(c2ccccc2)CCN(CCC2(c3ccc(Cl)c(Cl)c3)CCCN(Cc3ccccc3)C2=O)CC1)N1CCCC1. The molecule has 0 saturated carbocycles. The van der Waals surface area contributed by atoms with Gasteiger partial charge in [0, 0.05) is 39.3 Å². The van der Waals surface area contributed by atoms with E-state index in [1.54, 1.807) is 0 Å². The van der Waals surface area contributed by atoms with Crippen LogP contribution in [0.15, 0.2) is 78.9 Å². The molecule has 0 aliphatic carbocycles. The molecular formula is C36H42Cl2N4O2. The van der Waals surface area contributed by atoms with Crippen LogP contribution in [0.4, 0.5) is 4.79 Å². The average molecular weight is 634 g/mol. The Morgan fingerprint density at radius 3 is 2.11 bits per heavy atom. The van der Waals surface area contributed by atoms with E-state index in [-0.39, 0.29) is 11.9 Å². The van der Waals surface area contributed by atoms with Crippen LogP contribution in [0.25, 0.3) is 0 Å². The van der Waals surface area contributed by atoms with Gasteiger partial charge in [-0.05, 0) is 80.3 Å². The summed E-state index contributed by atoms with van der Waals surface area (Å²) in [7, 11) is 0. The Hall–Kier alpha value is -3.06. The summed E-state index contributed by atoms with van der Waals surface area (Å²) in [6.07, 6.45) is 6.20. The molecule has 8 heteroatoms. The van der Waals surface area contributed by atoms with E-state index in [1.807, 2.05) is 52.3 Å². The minimum atomic E-state index is -0.667. The molecule has 6 rings (SSSR count). The zero-order valence-corrected chi connectivity index (χ0v) is 26.8. The van der Waals surface area contributed by atoms with Gasteiger partial charge in [-0.1, -0.05) is 89.9 Å². The molecule has 3 aromatic carbocycles. The number of nitrogens with zero attached hydrogens (tertiary/aromatic N) is 3. The number of hydrogen-bond donors (Lipinski definition) is 1. The van der Waals surface area contributed by atoms with Crippen molar-refractivity contribution in [2.24, 2.45) is 0 Å². The summed E-state index contributed by atoms with van der Waals surface area (Å²) in [6, 6.07) is 26.4. The molecule has 3 heterocycles. The maximum Gasteiger partial charge on any atom is 0.318 e. The summed E-state index contributed by atoms with van der Waals surface area (Å²) < 4.78 is 0. The summed E-state index contributed by atoms with van der Waals surface area (Å²) in [5.74, 6) is 0.166. The Morgan fingerprint density at radius 2 is 1.43 bits per heavy atom. The third-order valence-corrected chi connectivity index (χ3v) is 10.8. The average Bonchev–Trinajstić information content (AvgIpc) is 3.60. The van der Waals surface area contributed by atoms with E-state index in [0.717, 1.165) is 88.9 Å². The van der Waals surface area contributed by atoms with Gasteiger partial charge in [-0.2, -0.15) is 0 Å². The zero-order valence-electron chi connectivity index (χ0n) is 25.3. The fourth-order valence-corrected chi connectivity index (χ4v) is 7.73. The summed E-state index contributed by atoms with van der Waals surface area (Å²) >= 11 is 12.9. The molecule has 0 aromatic heterocycles. The van der Waals surface area contributed by atoms with E-state index in [4.69, 9.17) is 23.2 Å². The monoisotopic (exact) mass is 632 g/mol. The molecule has 3 aliphatic rings. The molecule has 6 nitrogen and oxygen atoms in total. The van der Waals surface area contributed by atoms with Crippen LogP contribution in [0.1, 0.15) is 61.6 Å². The Kier molecular flexibility index (Phi) is 9.51. The molecule has 44 heavy (non-hydrogen) atoms. The molecular weight excluding hydrogens is 591 g/mol. The van der Waals surface area contributed by atoms with E-state index >= 15 is 0 Å². The van der Waals surface area contributed by atoms with Crippen molar-refractivity contribution in [2.45, 2.75) is 62.4 Å². The molecule has 232 valence electrons. The van der Waals surface area contributed by atoms with Crippen LogP contribution in [0, 0.1) is 0 Å².